The summed E-state index contributed by atoms with van der Waals surface area (Å²) in [7, 11) is -2.27. The van der Waals surface area contributed by atoms with E-state index in [4.69, 9.17) is 11.6 Å². The minimum Gasteiger partial charge on any atom is -0.337 e. The minimum atomic E-state index is -3.94. The molecule has 166 valence electrons. The number of allylic oxidation sites excluding steroid dienone is 2. The lowest BCUT2D eigenvalue weighted by Gasteiger charge is -2.22. The summed E-state index contributed by atoms with van der Waals surface area (Å²) in [6.45, 7) is 0.356. The molecule has 0 fully saturated rings. The maximum Gasteiger partial charge on any atom is 0.264 e. The third-order valence-electron chi connectivity index (χ3n) is 4.73. The first-order valence-electron chi connectivity index (χ1n) is 9.37. The number of amides is 1. The molecule has 1 amide bonds. The molecule has 2 aliphatic rings. The first kappa shape index (κ1) is 23.0. The van der Waals surface area contributed by atoms with Gasteiger partial charge in [0.05, 0.1) is 29.1 Å². The van der Waals surface area contributed by atoms with Crippen molar-refractivity contribution >= 4 is 67.9 Å². The van der Waals surface area contributed by atoms with Gasteiger partial charge < -0.3 is 9.62 Å². The third kappa shape index (κ3) is 4.92. The zero-order valence-electron chi connectivity index (χ0n) is 16.7. The standard InChI is InChI=1S/C21H18ClIN4O3S2/c1-26(13-14-4-6-15(22)7-5-14)21(28)17-9-8-16(23)11-18(17)25-32(29,30)20-3-2-10-27-19(20)12-24-31-27/h2-12,24-25H,13H2,1H3. The van der Waals surface area contributed by atoms with E-state index in [9.17, 15) is 13.2 Å². The number of nitrogens with one attached hydrogen (secondary N) is 2. The van der Waals surface area contributed by atoms with Crippen molar-refractivity contribution in [1.82, 2.24) is 13.9 Å². The summed E-state index contributed by atoms with van der Waals surface area (Å²) in [5, 5.41) is 0.619. The van der Waals surface area contributed by atoms with Crippen LogP contribution in [0, 0.1) is 3.57 Å². The fourth-order valence-corrected chi connectivity index (χ4v) is 5.78. The molecule has 2 N–H and O–H groups in total. The van der Waals surface area contributed by atoms with Gasteiger partial charge in [0.2, 0.25) is 0 Å². The Morgan fingerprint density at radius 3 is 2.75 bits per heavy atom. The van der Waals surface area contributed by atoms with Crippen LogP contribution in [0.4, 0.5) is 5.69 Å². The zero-order chi connectivity index (χ0) is 22.9. The number of halogens is 2. The van der Waals surface area contributed by atoms with Crippen molar-refractivity contribution in [2.45, 2.75) is 6.54 Å². The molecular formula is C21H18ClIN4O3S2. The Kier molecular flexibility index (Phi) is 6.75. The number of carbonyl (C=O) groups excluding carboxylic acids is 1. The minimum absolute atomic E-state index is 0.115. The van der Waals surface area contributed by atoms with E-state index in [0.717, 1.165) is 9.13 Å². The maximum absolute atomic E-state index is 13.2. The summed E-state index contributed by atoms with van der Waals surface area (Å²) in [6, 6.07) is 12.3. The molecular weight excluding hydrogens is 583 g/mol. The van der Waals surface area contributed by atoms with Gasteiger partial charge in [0, 0.05) is 34.6 Å². The van der Waals surface area contributed by atoms with Crippen LogP contribution in [0.5, 0.6) is 0 Å². The van der Waals surface area contributed by atoms with Crippen LogP contribution in [-0.2, 0) is 16.6 Å². The largest absolute Gasteiger partial charge is 0.337 e. The summed E-state index contributed by atoms with van der Waals surface area (Å²) in [5.74, 6) is -0.300. The predicted octanol–water partition coefficient (Wildman–Crippen LogP) is 4.68. The van der Waals surface area contributed by atoms with Crippen molar-refractivity contribution in [3.63, 3.8) is 0 Å². The molecule has 11 heteroatoms. The topological polar surface area (TPSA) is 81.8 Å². The Hall–Kier alpha value is -2.15. The van der Waals surface area contributed by atoms with Crippen molar-refractivity contribution in [3.05, 3.63) is 97.3 Å². The van der Waals surface area contributed by atoms with E-state index in [0.29, 0.717) is 17.3 Å². The van der Waals surface area contributed by atoms with E-state index in [1.807, 2.05) is 12.1 Å². The van der Waals surface area contributed by atoms with Crippen LogP contribution in [-0.4, -0.2) is 30.6 Å². The van der Waals surface area contributed by atoms with Crippen molar-refractivity contribution in [2.75, 3.05) is 11.8 Å². The van der Waals surface area contributed by atoms with Gasteiger partial charge in [-0.25, -0.2) is 8.42 Å². The maximum atomic E-state index is 13.2. The van der Waals surface area contributed by atoms with Gasteiger partial charge in [-0.1, -0.05) is 23.7 Å². The number of nitrogens with zero attached hydrogens (tertiary/aromatic N) is 2. The molecule has 0 spiro atoms. The van der Waals surface area contributed by atoms with Gasteiger partial charge >= 0.3 is 0 Å². The van der Waals surface area contributed by atoms with E-state index in [1.165, 1.54) is 23.1 Å². The Bertz CT molecular complexity index is 1260. The van der Waals surface area contributed by atoms with Crippen LogP contribution in [0.1, 0.15) is 15.9 Å². The first-order chi connectivity index (χ1) is 15.2. The average Bonchev–Trinajstić information content (AvgIpc) is 3.23. The van der Waals surface area contributed by atoms with E-state index >= 15 is 0 Å². The highest BCUT2D eigenvalue weighted by atomic mass is 127. The molecule has 0 radical (unpaired) electrons. The number of fused-ring (bicyclic) bond motifs is 1. The zero-order valence-corrected chi connectivity index (χ0v) is 21.3. The van der Waals surface area contributed by atoms with Crippen LogP contribution < -0.4 is 9.44 Å². The van der Waals surface area contributed by atoms with Gasteiger partial charge in [-0.15, -0.1) is 0 Å². The fraction of sp³-hybridized carbons (Fsp3) is 0.0952. The molecule has 32 heavy (non-hydrogen) atoms. The number of sulfonamides is 1. The molecule has 0 unspecified atom stereocenters. The molecule has 0 bridgehead atoms. The summed E-state index contributed by atoms with van der Waals surface area (Å²) in [6.07, 6.45) is 6.58. The van der Waals surface area contributed by atoms with Gasteiger partial charge in [0.1, 0.15) is 4.91 Å². The lowest BCUT2D eigenvalue weighted by molar-refractivity contribution is 0.0786. The highest BCUT2D eigenvalue weighted by Crippen LogP contribution is 2.34. The second-order valence-corrected chi connectivity index (χ2v) is 11.2. The lowest BCUT2D eigenvalue weighted by atomic mass is 10.1. The van der Waals surface area contributed by atoms with Crippen LogP contribution in [0.3, 0.4) is 0 Å². The second-order valence-electron chi connectivity index (χ2n) is 7.02. The molecule has 2 heterocycles. The molecule has 7 nitrogen and oxygen atoms in total. The highest BCUT2D eigenvalue weighted by molar-refractivity contribution is 14.1. The molecule has 0 aliphatic carbocycles. The molecule has 0 aromatic heterocycles. The Morgan fingerprint density at radius 2 is 2.00 bits per heavy atom. The number of rotatable bonds is 6. The Labute approximate surface area is 209 Å². The Balaban J connectivity index is 1.60. The Morgan fingerprint density at radius 1 is 1.25 bits per heavy atom. The van der Waals surface area contributed by atoms with Gasteiger partial charge in [0.15, 0.2) is 0 Å². The number of carbonyl (C=O) groups is 1. The molecule has 0 saturated carbocycles. The van der Waals surface area contributed by atoms with Gasteiger partial charge in [-0.05, 0) is 70.6 Å². The third-order valence-corrected chi connectivity index (χ3v) is 7.81. The normalized spacial score (nSPS) is 14.9. The van der Waals surface area contributed by atoms with Crippen LogP contribution in [0.2, 0.25) is 5.02 Å². The molecule has 0 atom stereocenters. The van der Waals surface area contributed by atoms with Crippen LogP contribution in [0.25, 0.3) is 0 Å². The molecule has 4 rings (SSSR count). The van der Waals surface area contributed by atoms with E-state index in [-0.39, 0.29) is 22.1 Å². The number of anilines is 1. The molecule has 0 saturated heterocycles. The van der Waals surface area contributed by atoms with Crippen molar-refractivity contribution < 1.29 is 13.2 Å². The quantitative estimate of drug-likeness (QED) is 0.370. The summed E-state index contributed by atoms with van der Waals surface area (Å²) in [4.78, 5) is 14.8. The smallest absolute Gasteiger partial charge is 0.264 e. The highest BCUT2D eigenvalue weighted by Gasteiger charge is 2.30. The molecule has 2 aliphatic heterocycles. The number of hydrogen-bond acceptors (Lipinski definition) is 6. The van der Waals surface area contributed by atoms with Gasteiger partial charge in [-0.2, -0.15) is 0 Å². The predicted molar refractivity (Wildman–Crippen MR) is 137 cm³/mol. The van der Waals surface area contributed by atoms with Crippen molar-refractivity contribution in [3.8, 4) is 0 Å². The lowest BCUT2D eigenvalue weighted by Crippen LogP contribution is -2.28. The first-order valence-corrected chi connectivity index (χ1v) is 13.1. The SMILES string of the molecule is CN(Cc1ccc(Cl)cc1)C(=O)c1ccc(I)cc1NS(=O)(=O)C1=CC=CN2SNC=C12. The summed E-state index contributed by atoms with van der Waals surface area (Å²) < 4.78 is 34.5. The van der Waals surface area contributed by atoms with Gasteiger partial charge in [-0.3, -0.25) is 13.8 Å². The number of benzene rings is 2. The summed E-state index contributed by atoms with van der Waals surface area (Å²) >= 11 is 9.29. The van der Waals surface area contributed by atoms with Gasteiger partial charge in [0.25, 0.3) is 15.9 Å². The van der Waals surface area contributed by atoms with Crippen molar-refractivity contribution in [2.24, 2.45) is 0 Å². The van der Waals surface area contributed by atoms with Crippen molar-refractivity contribution in [1.29, 1.82) is 0 Å². The van der Waals surface area contributed by atoms with Crippen LogP contribution in [0.15, 0.2) is 77.6 Å². The van der Waals surface area contributed by atoms with E-state index in [1.54, 1.807) is 60.2 Å². The fourth-order valence-electron chi connectivity index (χ4n) is 3.19. The molecule has 2 aromatic rings. The monoisotopic (exact) mass is 600 g/mol. The van der Waals surface area contributed by atoms with E-state index in [2.05, 4.69) is 32.0 Å². The molecule has 2 aromatic carbocycles. The average molecular weight is 601 g/mol. The van der Waals surface area contributed by atoms with E-state index < -0.39 is 10.0 Å². The number of hydrogen-bond donors (Lipinski definition) is 2. The van der Waals surface area contributed by atoms with Crippen LogP contribution >= 0.6 is 46.3 Å². The summed E-state index contributed by atoms with van der Waals surface area (Å²) in [5.41, 5.74) is 1.92. The second kappa shape index (κ2) is 9.38.